The molecule has 0 rings (SSSR count). The van der Waals surface area contributed by atoms with Gasteiger partial charge in [0.1, 0.15) is 10.1 Å². The molecule has 0 saturated heterocycles. The molecule has 6 heavy (non-hydrogen) atoms. The minimum Gasteiger partial charge on any atom is -0.310 e. The Morgan fingerprint density at radius 1 is 1.50 bits per heavy atom. The topological polar surface area (TPSA) is 54.4 Å². The van der Waals surface area contributed by atoms with Gasteiger partial charge in [0, 0.05) is 19.5 Å². The van der Waals surface area contributed by atoms with Crippen LogP contribution in [0.5, 0.6) is 0 Å². The van der Waals surface area contributed by atoms with Gasteiger partial charge in [0.15, 0.2) is 0 Å². The van der Waals surface area contributed by atoms with E-state index in [2.05, 4.69) is 6.26 Å². The van der Waals surface area contributed by atoms with Crippen molar-refractivity contribution in [2.75, 3.05) is 0 Å². The first-order chi connectivity index (χ1) is 2.00. The minimum atomic E-state index is -3.92. The molecule has 0 aromatic carbocycles. The molecule has 0 bridgehead atoms. The molecule has 3 nitrogen and oxygen atoms in total. The summed E-state index contributed by atoms with van der Waals surface area (Å²) in [6.07, 6.45) is 2.30. The van der Waals surface area contributed by atoms with E-state index in [1.54, 1.807) is 0 Å². The molecule has 0 fully saturated rings. The molecule has 0 aromatic rings. The van der Waals surface area contributed by atoms with Gasteiger partial charge >= 0.3 is 0 Å². The van der Waals surface area contributed by atoms with Crippen LogP contribution in [0.2, 0.25) is 0 Å². The summed E-state index contributed by atoms with van der Waals surface area (Å²) in [6, 6.07) is 0. The number of rotatable bonds is 0. The summed E-state index contributed by atoms with van der Waals surface area (Å²) in [6.45, 7) is 0. The largest absolute Gasteiger partial charge is 0.310 e. The maximum atomic E-state index is 9.08. The average Bonchev–Trinajstić information content (AvgIpc) is 0.722. The quantitative estimate of drug-likeness (QED) is 0.300. The van der Waals surface area contributed by atoms with Crippen molar-refractivity contribution in [3.63, 3.8) is 0 Å². The zero-order valence-corrected chi connectivity index (χ0v) is 6.87. The summed E-state index contributed by atoms with van der Waals surface area (Å²) < 4.78 is 25.5. The van der Waals surface area contributed by atoms with Crippen LogP contribution < -0.4 is 0 Å². The molecular weight excluding hydrogens is 157 g/mol. The van der Waals surface area contributed by atoms with Gasteiger partial charge in [0.25, 0.3) is 0 Å². The minimum absolute atomic E-state index is 0. The predicted molar refractivity (Wildman–Crippen MR) is 16.9 cm³/mol. The zero-order valence-electron chi connectivity index (χ0n) is 3.09. The van der Waals surface area contributed by atoms with Gasteiger partial charge < -0.3 is 4.55 Å². The second kappa shape index (κ2) is 2.66. The van der Waals surface area contributed by atoms with E-state index < -0.39 is 10.1 Å². The van der Waals surface area contributed by atoms with Crippen LogP contribution in [0.3, 0.4) is 0 Å². The molecule has 0 heterocycles. The van der Waals surface area contributed by atoms with Crippen molar-refractivity contribution in [3.8, 4) is 0 Å². The first-order valence-corrected chi connectivity index (χ1v) is 2.41. The SMILES string of the molecule is [CH2-]S(=O)(=O)O.[Zn]. The van der Waals surface area contributed by atoms with Crippen LogP contribution in [-0.4, -0.2) is 13.0 Å². The summed E-state index contributed by atoms with van der Waals surface area (Å²) in [5, 5.41) is 0. The smallest absolute Gasteiger partial charge is 0.131 e. The molecule has 0 unspecified atom stereocenters. The molecule has 0 spiro atoms. The van der Waals surface area contributed by atoms with Crippen molar-refractivity contribution in [3.05, 3.63) is 6.26 Å². The summed E-state index contributed by atoms with van der Waals surface area (Å²) in [5.74, 6) is 0. The third-order valence-electron chi connectivity index (χ3n) is 0. The molecule has 34 valence electrons. The number of hydrogen-bond acceptors (Lipinski definition) is 2. The first kappa shape index (κ1) is 9.73. The van der Waals surface area contributed by atoms with Crippen LogP contribution in [0.15, 0.2) is 0 Å². The standard InChI is InChI=1S/CH3O3S.Zn/c1-5(2,3)4;/h1H2,(H,2,3,4);/q-1;. The zero-order chi connectivity index (χ0) is 4.50. The van der Waals surface area contributed by atoms with Crippen molar-refractivity contribution in [1.82, 2.24) is 0 Å². The van der Waals surface area contributed by atoms with Crippen LogP contribution in [0.1, 0.15) is 0 Å². The van der Waals surface area contributed by atoms with Crippen molar-refractivity contribution < 1.29 is 32.4 Å². The van der Waals surface area contributed by atoms with E-state index in [1.807, 2.05) is 0 Å². The molecule has 0 aliphatic heterocycles. The van der Waals surface area contributed by atoms with E-state index in [4.69, 9.17) is 13.0 Å². The third-order valence-corrected chi connectivity index (χ3v) is 0. The Bertz CT molecular complexity index is 94.0. The van der Waals surface area contributed by atoms with Crippen molar-refractivity contribution in [2.24, 2.45) is 0 Å². The van der Waals surface area contributed by atoms with Crippen LogP contribution in [0.4, 0.5) is 0 Å². The molecule has 0 aromatic heterocycles. The van der Waals surface area contributed by atoms with Gasteiger partial charge in [0.05, 0.1) is 0 Å². The second-order valence-corrected chi connectivity index (χ2v) is 1.75. The summed E-state index contributed by atoms with van der Waals surface area (Å²) in [5.41, 5.74) is 0. The average molecular weight is 160 g/mol. The third kappa shape index (κ3) is 199. The maximum Gasteiger partial charge on any atom is 0.131 e. The normalized spacial score (nSPS) is 9.67. The summed E-state index contributed by atoms with van der Waals surface area (Å²) >= 11 is 0. The van der Waals surface area contributed by atoms with E-state index in [0.717, 1.165) is 0 Å². The van der Waals surface area contributed by atoms with E-state index >= 15 is 0 Å². The van der Waals surface area contributed by atoms with E-state index in [9.17, 15) is 0 Å². The molecule has 0 radical (unpaired) electrons. The van der Waals surface area contributed by atoms with Gasteiger partial charge in [-0.3, -0.25) is 0 Å². The molecule has 5 heteroatoms. The Labute approximate surface area is 49.3 Å². The summed E-state index contributed by atoms with van der Waals surface area (Å²) in [4.78, 5) is 0. The fraction of sp³-hybridized carbons (Fsp3) is 0. The molecule has 0 amide bonds. The molecular formula is CH3O3SZn-. The maximum absolute atomic E-state index is 9.08. The van der Waals surface area contributed by atoms with Gasteiger partial charge in [-0.15, -0.1) is 0 Å². The van der Waals surface area contributed by atoms with Crippen LogP contribution in [0.25, 0.3) is 0 Å². The van der Waals surface area contributed by atoms with E-state index in [1.165, 1.54) is 0 Å². The van der Waals surface area contributed by atoms with Gasteiger partial charge in [-0.1, -0.05) is 0 Å². The predicted octanol–water partition coefficient (Wildman–Crippen LogP) is -0.337. The van der Waals surface area contributed by atoms with E-state index in [-0.39, 0.29) is 19.5 Å². The van der Waals surface area contributed by atoms with Gasteiger partial charge in [-0.25, -0.2) is 8.42 Å². The van der Waals surface area contributed by atoms with Crippen molar-refractivity contribution in [2.45, 2.75) is 0 Å². The Morgan fingerprint density at radius 3 is 1.50 bits per heavy atom. The van der Waals surface area contributed by atoms with Gasteiger partial charge in [-0.05, 0) is 0 Å². The molecule has 0 atom stereocenters. The van der Waals surface area contributed by atoms with Gasteiger partial charge in [-0.2, -0.15) is 6.26 Å². The second-order valence-electron chi connectivity index (χ2n) is 0.582. The Morgan fingerprint density at radius 2 is 1.50 bits per heavy atom. The van der Waals surface area contributed by atoms with Crippen molar-refractivity contribution in [1.29, 1.82) is 0 Å². The molecule has 1 N–H and O–H groups in total. The molecule has 0 aliphatic rings. The Hall–Kier alpha value is 0.533. The van der Waals surface area contributed by atoms with Gasteiger partial charge in [0.2, 0.25) is 0 Å². The fourth-order valence-electron chi connectivity index (χ4n) is 0. The fourth-order valence-corrected chi connectivity index (χ4v) is 0. The van der Waals surface area contributed by atoms with E-state index in [0.29, 0.717) is 0 Å². The first-order valence-electron chi connectivity index (χ1n) is 0.805. The molecule has 0 aliphatic carbocycles. The van der Waals surface area contributed by atoms with Crippen LogP contribution in [-0.2, 0) is 29.6 Å². The van der Waals surface area contributed by atoms with Crippen molar-refractivity contribution >= 4 is 10.1 Å². The number of hydrogen-bond donors (Lipinski definition) is 1. The Balaban J connectivity index is 0. The van der Waals surface area contributed by atoms with Crippen LogP contribution >= 0.6 is 0 Å². The monoisotopic (exact) mass is 159 g/mol. The van der Waals surface area contributed by atoms with Crippen LogP contribution in [0, 0.1) is 6.26 Å². The Kier molecular flexibility index (Phi) is 4.32. The molecule has 0 saturated carbocycles. The summed E-state index contributed by atoms with van der Waals surface area (Å²) in [7, 11) is -3.92.